The van der Waals surface area contributed by atoms with Gasteiger partial charge in [-0.2, -0.15) is 0 Å². The number of hydrogen-bond acceptors (Lipinski definition) is 4. The van der Waals surface area contributed by atoms with E-state index in [9.17, 15) is 0 Å². The minimum Gasteiger partial charge on any atom is -0.496 e. The Morgan fingerprint density at radius 3 is 2.77 bits per heavy atom. The fourth-order valence-electron chi connectivity index (χ4n) is 3.95. The molecule has 1 aliphatic heterocycles. The molecule has 1 unspecified atom stereocenters. The van der Waals surface area contributed by atoms with Crippen molar-refractivity contribution in [3.05, 3.63) is 41.5 Å². The topological polar surface area (TPSA) is 51.4 Å². The predicted molar refractivity (Wildman–Crippen MR) is 109 cm³/mol. The van der Waals surface area contributed by atoms with Crippen LogP contribution in [-0.2, 0) is 12.8 Å². The Bertz CT molecular complexity index is 744. The van der Waals surface area contributed by atoms with Gasteiger partial charge in [0.2, 0.25) is 0 Å². The summed E-state index contributed by atoms with van der Waals surface area (Å²) in [6.45, 7) is 6.92. The van der Waals surface area contributed by atoms with Crippen LogP contribution in [0.25, 0.3) is 11.3 Å². The second kappa shape index (κ2) is 8.54. The molecule has 2 N–H and O–H groups in total. The molecule has 1 aromatic heterocycles. The lowest BCUT2D eigenvalue weighted by atomic mass is 9.96. The van der Waals surface area contributed by atoms with Gasteiger partial charge in [-0.3, -0.25) is 0 Å². The quantitative estimate of drug-likeness (QED) is 0.840. The third-order valence-electron chi connectivity index (χ3n) is 5.56. The number of benzene rings is 1. The number of nitrogens with zero attached hydrogens (tertiary/aromatic N) is 2. The van der Waals surface area contributed by atoms with Crippen LogP contribution in [0.5, 0.6) is 5.75 Å². The third kappa shape index (κ3) is 4.18. The normalized spacial score (nSPS) is 18.0. The summed E-state index contributed by atoms with van der Waals surface area (Å²) in [6.07, 6.45) is 6.09. The molecule has 2 heterocycles. The summed E-state index contributed by atoms with van der Waals surface area (Å²) in [5, 5.41) is 0. The average Bonchev–Trinajstić information content (AvgIpc) is 2.66. The van der Waals surface area contributed by atoms with Gasteiger partial charge in [-0.1, -0.05) is 19.4 Å². The lowest BCUT2D eigenvalue weighted by Gasteiger charge is -2.33. The van der Waals surface area contributed by atoms with E-state index in [4.69, 9.17) is 10.5 Å². The van der Waals surface area contributed by atoms with Gasteiger partial charge in [-0.15, -0.1) is 0 Å². The van der Waals surface area contributed by atoms with Gasteiger partial charge in [-0.05, 0) is 74.5 Å². The van der Waals surface area contributed by atoms with E-state index in [0.717, 1.165) is 36.4 Å². The maximum absolute atomic E-state index is 5.87. The molecule has 3 rings (SSSR count). The van der Waals surface area contributed by atoms with E-state index in [1.807, 2.05) is 18.2 Å². The van der Waals surface area contributed by atoms with Crippen molar-refractivity contribution in [1.29, 1.82) is 0 Å². The van der Waals surface area contributed by atoms with Crippen LogP contribution < -0.4 is 10.5 Å². The number of piperidine rings is 1. The molecule has 0 radical (unpaired) electrons. The van der Waals surface area contributed by atoms with Gasteiger partial charge in [0.05, 0.1) is 12.8 Å². The molecule has 1 fully saturated rings. The van der Waals surface area contributed by atoms with Gasteiger partial charge in [-0.25, -0.2) is 4.98 Å². The van der Waals surface area contributed by atoms with E-state index in [1.54, 1.807) is 7.11 Å². The first-order chi connectivity index (χ1) is 12.6. The SMILES string of the molecule is CCc1cc(-c2cccc(N)n2)c(OC)cc1CCN1CCCCC1C. The number of nitrogens with two attached hydrogens (primary N) is 1. The summed E-state index contributed by atoms with van der Waals surface area (Å²) in [7, 11) is 1.73. The van der Waals surface area contributed by atoms with Crippen LogP contribution in [0, 0.1) is 0 Å². The molecule has 0 saturated carbocycles. The van der Waals surface area contributed by atoms with Crippen molar-refractivity contribution in [2.75, 3.05) is 25.9 Å². The number of methoxy groups -OCH3 is 1. The van der Waals surface area contributed by atoms with Gasteiger partial charge < -0.3 is 15.4 Å². The molecule has 1 aromatic carbocycles. The summed E-state index contributed by atoms with van der Waals surface area (Å²) in [6, 6.07) is 10.9. The highest BCUT2D eigenvalue weighted by atomic mass is 16.5. The van der Waals surface area contributed by atoms with E-state index in [1.165, 1.54) is 36.9 Å². The summed E-state index contributed by atoms with van der Waals surface area (Å²) in [5.74, 6) is 1.41. The molecule has 0 aliphatic carbocycles. The second-order valence-electron chi connectivity index (χ2n) is 7.25. The summed E-state index contributed by atoms with van der Waals surface area (Å²) in [5.41, 5.74) is 10.5. The zero-order chi connectivity index (χ0) is 18.5. The van der Waals surface area contributed by atoms with E-state index in [-0.39, 0.29) is 0 Å². The molecule has 1 aliphatic rings. The Balaban J connectivity index is 1.86. The number of ether oxygens (including phenoxy) is 1. The minimum atomic E-state index is 0.533. The van der Waals surface area contributed by atoms with E-state index in [2.05, 4.69) is 35.9 Å². The van der Waals surface area contributed by atoms with Crippen LogP contribution in [0.4, 0.5) is 5.82 Å². The first-order valence-electron chi connectivity index (χ1n) is 9.79. The van der Waals surface area contributed by atoms with Crippen LogP contribution in [0.15, 0.2) is 30.3 Å². The molecule has 0 spiro atoms. The highest BCUT2D eigenvalue weighted by molar-refractivity contribution is 5.70. The molecular formula is C22H31N3O. The number of aromatic nitrogens is 1. The molecule has 2 aromatic rings. The molecule has 0 amide bonds. The fraction of sp³-hybridized carbons (Fsp3) is 0.500. The molecular weight excluding hydrogens is 322 g/mol. The zero-order valence-corrected chi connectivity index (χ0v) is 16.3. The van der Waals surface area contributed by atoms with Crippen LogP contribution in [0.3, 0.4) is 0 Å². The number of aryl methyl sites for hydroxylation is 1. The van der Waals surface area contributed by atoms with Gasteiger partial charge >= 0.3 is 0 Å². The van der Waals surface area contributed by atoms with Crippen molar-refractivity contribution in [3.63, 3.8) is 0 Å². The summed E-state index contributed by atoms with van der Waals surface area (Å²) in [4.78, 5) is 7.10. The first-order valence-corrected chi connectivity index (χ1v) is 9.79. The van der Waals surface area contributed by atoms with Crippen molar-refractivity contribution in [2.45, 2.75) is 52.0 Å². The number of likely N-dealkylation sites (tertiary alicyclic amines) is 1. The van der Waals surface area contributed by atoms with Crippen molar-refractivity contribution in [2.24, 2.45) is 0 Å². The molecule has 4 nitrogen and oxygen atoms in total. The number of hydrogen-bond donors (Lipinski definition) is 1. The maximum atomic E-state index is 5.87. The summed E-state index contributed by atoms with van der Waals surface area (Å²) < 4.78 is 5.70. The van der Waals surface area contributed by atoms with Crippen LogP contribution in [0.2, 0.25) is 0 Å². The highest BCUT2D eigenvalue weighted by Crippen LogP contribution is 2.33. The predicted octanol–water partition coefficient (Wildman–Crippen LogP) is 4.32. The first kappa shape index (κ1) is 18.7. The minimum absolute atomic E-state index is 0.533. The third-order valence-corrected chi connectivity index (χ3v) is 5.56. The largest absolute Gasteiger partial charge is 0.496 e. The lowest BCUT2D eigenvalue weighted by molar-refractivity contribution is 0.162. The van der Waals surface area contributed by atoms with Gasteiger partial charge in [0, 0.05) is 18.2 Å². The van der Waals surface area contributed by atoms with Gasteiger partial charge in [0.15, 0.2) is 0 Å². The van der Waals surface area contributed by atoms with Crippen molar-refractivity contribution in [1.82, 2.24) is 9.88 Å². The standard InChI is InChI=1S/C22H31N3O/c1-4-17-14-19(20-9-7-10-22(23)24-20)21(26-3)15-18(17)11-13-25-12-6-5-8-16(25)2/h7,9-10,14-16H,4-6,8,11-13H2,1-3H3,(H2,23,24). The molecule has 0 bridgehead atoms. The Morgan fingerprint density at radius 2 is 2.08 bits per heavy atom. The van der Waals surface area contributed by atoms with Crippen LogP contribution >= 0.6 is 0 Å². The molecule has 140 valence electrons. The highest BCUT2D eigenvalue weighted by Gasteiger charge is 2.19. The Kier molecular flexibility index (Phi) is 6.15. The molecule has 1 saturated heterocycles. The van der Waals surface area contributed by atoms with Crippen LogP contribution in [-0.4, -0.2) is 36.1 Å². The monoisotopic (exact) mass is 353 g/mol. The number of pyridine rings is 1. The number of anilines is 1. The molecule has 1 atom stereocenters. The lowest BCUT2D eigenvalue weighted by Crippen LogP contribution is -2.38. The molecule has 26 heavy (non-hydrogen) atoms. The number of rotatable bonds is 6. The van der Waals surface area contributed by atoms with E-state index >= 15 is 0 Å². The summed E-state index contributed by atoms with van der Waals surface area (Å²) >= 11 is 0. The fourth-order valence-corrected chi connectivity index (χ4v) is 3.95. The van der Waals surface area contributed by atoms with E-state index < -0.39 is 0 Å². The average molecular weight is 354 g/mol. The van der Waals surface area contributed by atoms with E-state index in [0.29, 0.717) is 11.9 Å². The van der Waals surface area contributed by atoms with Crippen molar-refractivity contribution >= 4 is 5.82 Å². The Labute approximate surface area is 157 Å². The van der Waals surface area contributed by atoms with Gasteiger partial charge in [0.1, 0.15) is 11.6 Å². The smallest absolute Gasteiger partial charge is 0.128 e. The maximum Gasteiger partial charge on any atom is 0.128 e. The Hall–Kier alpha value is -2.07. The zero-order valence-electron chi connectivity index (χ0n) is 16.3. The Morgan fingerprint density at radius 1 is 1.23 bits per heavy atom. The van der Waals surface area contributed by atoms with Crippen molar-refractivity contribution < 1.29 is 4.74 Å². The van der Waals surface area contributed by atoms with Crippen molar-refractivity contribution in [3.8, 4) is 17.0 Å². The van der Waals surface area contributed by atoms with Crippen LogP contribution in [0.1, 0.15) is 44.2 Å². The molecule has 4 heteroatoms. The van der Waals surface area contributed by atoms with Gasteiger partial charge in [0.25, 0.3) is 0 Å². The second-order valence-corrected chi connectivity index (χ2v) is 7.25. The number of nitrogen functional groups attached to an aromatic ring is 1.